The molecule has 13 amide bonds. The molecule has 41 nitrogen and oxygen atoms in total. The molecule has 0 aliphatic heterocycles. The number of hydrogen-bond acceptors (Lipinski definition) is 22. The van der Waals surface area contributed by atoms with Gasteiger partial charge in [-0.05, 0) is 79.7 Å². The molecular weight excluding hydrogens is 1520 g/mol. The van der Waals surface area contributed by atoms with Crippen molar-refractivity contribution in [2.24, 2.45) is 47.0 Å². The lowest BCUT2D eigenvalue weighted by atomic mass is 9.95. The molecule has 0 saturated heterocycles. The van der Waals surface area contributed by atoms with Crippen LogP contribution in [0.2, 0.25) is 0 Å². The third kappa shape index (κ3) is 34.3. The number of unbranched alkanes of at least 4 members (excludes halogenated alkanes) is 1. The number of carbonyl (C=O) groups is 17. The number of rotatable bonds is 53. The van der Waals surface area contributed by atoms with Gasteiger partial charge in [0.15, 0.2) is 0 Å². The smallest absolute Gasteiger partial charge is 0.326 e. The van der Waals surface area contributed by atoms with Crippen molar-refractivity contribution in [3.8, 4) is 0 Å². The Balaban J connectivity index is 1.94. The monoisotopic (exact) mass is 1640 g/mol. The summed E-state index contributed by atoms with van der Waals surface area (Å²) in [6.07, 6.45) is 1.27. The topological polar surface area (TPSA) is 657 Å². The van der Waals surface area contributed by atoms with Crippen LogP contribution >= 0.6 is 0 Å². The number of aliphatic hydroxyl groups excluding tert-OH is 1. The molecule has 0 spiro atoms. The summed E-state index contributed by atoms with van der Waals surface area (Å²) >= 11 is 0. The lowest BCUT2D eigenvalue weighted by molar-refractivity contribution is -0.143. The van der Waals surface area contributed by atoms with Crippen LogP contribution in [0.3, 0.4) is 0 Å². The molecule has 0 radical (unpaired) electrons. The van der Waals surface area contributed by atoms with Crippen LogP contribution in [0.4, 0.5) is 0 Å². The zero-order chi connectivity index (χ0) is 87.4. The number of carboxylic acids is 4. The Hall–Kier alpha value is -11.5. The number of hydrogen-bond donors (Lipinski definition) is 22. The maximum Gasteiger partial charge on any atom is 0.326 e. The Morgan fingerprint density at radius 1 is 0.388 bits per heavy atom. The largest absolute Gasteiger partial charge is 0.481 e. The number of nitrogens with one attached hydrogen (secondary N) is 15. The zero-order valence-electron chi connectivity index (χ0n) is 67.4. The summed E-state index contributed by atoms with van der Waals surface area (Å²) in [5.41, 5.74) is 12.5. The average Bonchev–Trinajstić information content (AvgIpc) is 0.994. The second-order valence-electron chi connectivity index (χ2n) is 30.3. The number of aromatic nitrogens is 4. The number of benzene rings is 1. The van der Waals surface area contributed by atoms with Crippen LogP contribution in [0.5, 0.6) is 0 Å². The van der Waals surface area contributed by atoms with Gasteiger partial charge in [0.2, 0.25) is 76.8 Å². The number of carbonyl (C=O) groups excluding carboxylic acids is 13. The lowest BCUT2D eigenvalue weighted by Crippen LogP contribution is -2.62. The molecule has 15 atom stereocenters. The highest BCUT2D eigenvalue weighted by Crippen LogP contribution is 2.17. The molecule has 0 aliphatic carbocycles. The highest BCUT2D eigenvalue weighted by atomic mass is 16.4. The van der Waals surface area contributed by atoms with Gasteiger partial charge in [0, 0.05) is 43.0 Å². The first-order valence-electron chi connectivity index (χ1n) is 38.4. The maximum absolute atomic E-state index is 14.7. The van der Waals surface area contributed by atoms with Crippen LogP contribution < -0.4 is 80.6 Å². The number of nitrogens with two attached hydrogens (primary N) is 2. The van der Waals surface area contributed by atoms with E-state index in [0.717, 1.165) is 6.33 Å². The molecule has 0 bridgehead atoms. The van der Waals surface area contributed by atoms with Crippen molar-refractivity contribution >= 4 is 101 Å². The molecule has 1 aromatic carbocycles. The first kappa shape index (κ1) is 98.7. The van der Waals surface area contributed by atoms with Gasteiger partial charge in [-0.15, -0.1) is 0 Å². The van der Waals surface area contributed by atoms with E-state index in [4.69, 9.17) is 11.5 Å². The van der Waals surface area contributed by atoms with Gasteiger partial charge in [-0.3, -0.25) is 76.7 Å². The van der Waals surface area contributed by atoms with Crippen molar-refractivity contribution in [1.82, 2.24) is 89.1 Å². The number of aliphatic carboxylic acids is 4. The van der Waals surface area contributed by atoms with Crippen molar-refractivity contribution in [2.45, 2.75) is 245 Å². The van der Waals surface area contributed by atoms with E-state index in [0.29, 0.717) is 30.5 Å². The minimum atomic E-state index is -2.23. The highest BCUT2D eigenvalue weighted by molar-refractivity contribution is 6.02. The molecule has 2 heterocycles. The van der Waals surface area contributed by atoms with E-state index in [2.05, 4.69) is 89.1 Å². The Morgan fingerprint density at radius 3 is 1.07 bits per heavy atom. The molecule has 644 valence electrons. The molecule has 24 N–H and O–H groups in total. The Kier molecular flexibility index (Phi) is 42.0. The van der Waals surface area contributed by atoms with Gasteiger partial charge in [0.1, 0.15) is 78.5 Å². The van der Waals surface area contributed by atoms with Crippen molar-refractivity contribution < 1.29 is 107 Å². The average molecular weight is 1640 g/mol. The van der Waals surface area contributed by atoms with Crippen LogP contribution in [0.15, 0.2) is 55.4 Å². The molecule has 41 heteroatoms. The molecule has 2 aromatic heterocycles. The van der Waals surface area contributed by atoms with E-state index in [1.165, 1.54) is 32.6 Å². The van der Waals surface area contributed by atoms with Gasteiger partial charge in [-0.2, -0.15) is 0 Å². The van der Waals surface area contributed by atoms with E-state index in [9.17, 15) is 107 Å². The second kappa shape index (κ2) is 49.3. The molecular formula is C75H117N19O22. The fourth-order valence-electron chi connectivity index (χ4n) is 11.7. The minimum absolute atomic E-state index is 0.0154. The lowest BCUT2D eigenvalue weighted by Gasteiger charge is -2.30. The minimum Gasteiger partial charge on any atom is -0.481 e. The Labute approximate surface area is 671 Å². The number of aromatic amines is 2. The summed E-state index contributed by atoms with van der Waals surface area (Å²) in [6, 6.07) is -14.8. The fourth-order valence-corrected chi connectivity index (χ4v) is 11.7. The third-order valence-electron chi connectivity index (χ3n) is 18.5. The van der Waals surface area contributed by atoms with E-state index in [1.54, 1.807) is 92.6 Å². The number of nitrogens with zero attached hydrogens (tertiary/aromatic N) is 2. The number of amides is 13. The van der Waals surface area contributed by atoms with Crippen LogP contribution in [0.1, 0.15) is 158 Å². The second-order valence-corrected chi connectivity index (χ2v) is 30.3. The maximum atomic E-state index is 14.7. The van der Waals surface area contributed by atoms with Gasteiger partial charge in [0.05, 0.1) is 44.6 Å². The van der Waals surface area contributed by atoms with Gasteiger partial charge in [-0.25, -0.2) is 14.8 Å². The molecule has 116 heavy (non-hydrogen) atoms. The van der Waals surface area contributed by atoms with E-state index in [-0.39, 0.29) is 62.1 Å². The highest BCUT2D eigenvalue weighted by Gasteiger charge is 2.41. The molecule has 3 rings (SSSR count). The summed E-state index contributed by atoms with van der Waals surface area (Å²) in [6.45, 7) is 19.2. The van der Waals surface area contributed by atoms with Gasteiger partial charge in [0.25, 0.3) is 0 Å². The normalized spacial score (nSPS) is 15.2. The van der Waals surface area contributed by atoms with Crippen LogP contribution in [-0.2, 0) is 101 Å². The number of imidazole rings is 2. The molecule has 0 aliphatic rings. The predicted octanol–water partition coefficient (Wildman–Crippen LogP) is -3.47. The number of aliphatic hydroxyl groups is 1. The SMILES string of the molecule is CC[C@H](C)[C@H](NC(=O)[C@@H](N)C(C)C)C(=O)N[C@@H](CC(C)C)C(=O)N[C@H](C(=O)N[C@@H](CC(C)C)C(=O)N[C@@H](Cc1ccccc1)C(=O)N[C@@H](CC(=O)O)C(=O)N[C@@H](CC(=O)O)C(=O)N[C@@H](Cc1cnc[nH]1)C(=O)N[C@@H](CO)C(=O)N[C@@H](CC(=O)O)C(=O)N[C@H](C(=O)N[C@@H](Cc1cnc[nH]1)C(=O)N[C@@H](CCCCN)C(=O)O)C(C)C)C(C)C. The first-order chi connectivity index (χ1) is 54.5. The van der Waals surface area contributed by atoms with E-state index < -0.39 is 235 Å². The number of carboxylic acid groups (broad SMARTS) is 4. The first-order valence-corrected chi connectivity index (χ1v) is 38.4. The van der Waals surface area contributed by atoms with E-state index >= 15 is 0 Å². The third-order valence-corrected chi connectivity index (χ3v) is 18.5. The van der Waals surface area contributed by atoms with E-state index in [1.807, 2.05) is 6.92 Å². The Morgan fingerprint density at radius 2 is 0.716 bits per heavy atom. The zero-order valence-corrected chi connectivity index (χ0v) is 67.4. The van der Waals surface area contributed by atoms with Crippen molar-refractivity contribution in [3.63, 3.8) is 0 Å². The summed E-state index contributed by atoms with van der Waals surface area (Å²) in [5.74, 6) is -23.3. The fraction of sp³-hybridized carbons (Fsp3) is 0.613. The quantitative estimate of drug-likeness (QED) is 0.0244. The molecule has 3 aromatic rings. The summed E-state index contributed by atoms with van der Waals surface area (Å²) in [4.78, 5) is 247. The molecule has 0 saturated carbocycles. The van der Waals surface area contributed by atoms with Crippen molar-refractivity contribution in [3.05, 3.63) is 72.3 Å². The van der Waals surface area contributed by atoms with Crippen molar-refractivity contribution in [2.75, 3.05) is 13.2 Å². The summed E-state index contributed by atoms with van der Waals surface area (Å²) in [7, 11) is 0. The van der Waals surface area contributed by atoms with Crippen LogP contribution in [0, 0.1) is 35.5 Å². The Bertz CT molecular complexity index is 3790. The van der Waals surface area contributed by atoms with Crippen molar-refractivity contribution in [1.29, 1.82) is 0 Å². The molecule has 0 fully saturated rings. The van der Waals surface area contributed by atoms with Gasteiger partial charge >= 0.3 is 23.9 Å². The molecule has 0 unspecified atom stereocenters. The van der Waals surface area contributed by atoms with Gasteiger partial charge < -0.3 is 116 Å². The van der Waals surface area contributed by atoms with Crippen LogP contribution in [0.25, 0.3) is 0 Å². The van der Waals surface area contributed by atoms with Gasteiger partial charge in [-0.1, -0.05) is 120 Å². The summed E-state index contributed by atoms with van der Waals surface area (Å²) < 4.78 is 0. The number of H-pyrrole nitrogens is 2. The standard InChI is InChI=1S/C75H117N19O22/c1-13-41(12)61(94-71(111)58(77)38(6)7)74(114)89-47(24-37(4)5)68(108)92-59(39(8)9)72(112)88-46(23-36(2)3)62(102)83-48(25-42-19-15-14-16-20-42)63(103)85-52(29-56(98)99)67(107)86-51(28-55(96)97)66(106)84-49(26-43-31-78-34-80-43)65(105)91-54(33-95)70(110)87-53(30-57(100)101)69(109)93-60(40(10)11)73(113)90-50(27-44-32-79-35-81-44)64(104)82-45(75(115)116)21-17-18-22-76/h14-16,19-20,31-32,34-41,45-54,58-61,95H,13,17-18,21-30,33,76-77H2,1-12H3,(H,78,80)(H,79,81)(H,82,104)(H,83,102)(H,84,106)(H,85,103)(H,86,107)(H,87,110)(H,88,112)(H,89,114)(H,90,113)(H,91,105)(H,92,108)(H,93,109)(H,94,111)(H,96,97)(H,98,99)(H,100,101)(H,115,116)/t41-,45-,46-,47-,48-,49-,50-,51-,52-,53-,54-,58-,59-,60-,61-/m0/s1. The summed E-state index contributed by atoms with van der Waals surface area (Å²) in [5, 5.41) is 82.1. The predicted molar refractivity (Wildman–Crippen MR) is 415 cm³/mol. The van der Waals surface area contributed by atoms with Crippen LogP contribution in [-0.4, -0.2) is 244 Å².